The van der Waals surface area contributed by atoms with Crippen molar-refractivity contribution >= 4 is 34.8 Å². The molecule has 1 atom stereocenters. The van der Waals surface area contributed by atoms with Crippen molar-refractivity contribution < 1.29 is 19.5 Å². The topological polar surface area (TPSA) is 74.7 Å². The first kappa shape index (κ1) is 19.7. The van der Waals surface area contributed by atoms with E-state index in [1.54, 1.807) is 67.7 Å². The van der Waals surface area contributed by atoms with Gasteiger partial charge in [-0.15, -0.1) is 0 Å². The lowest BCUT2D eigenvalue weighted by Gasteiger charge is -2.39. The van der Waals surface area contributed by atoms with Crippen LogP contribution in [0.15, 0.2) is 72.8 Å². The Kier molecular flexibility index (Phi) is 4.19. The van der Waals surface area contributed by atoms with Crippen molar-refractivity contribution in [3.8, 4) is 0 Å². The molecule has 1 amide bonds. The van der Waals surface area contributed by atoms with Crippen LogP contribution < -0.4 is 4.90 Å². The van der Waals surface area contributed by atoms with Crippen LogP contribution in [-0.2, 0) is 16.6 Å². The number of halogens is 1. The summed E-state index contributed by atoms with van der Waals surface area (Å²) in [5, 5.41) is 12.5. The number of nitrogens with zero attached hydrogens (tertiary/aromatic N) is 1. The van der Waals surface area contributed by atoms with Crippen LogP contribution >= 0.6 is 11.6 Å². The third-order valence-electron chi connectivity index (χ3n) is 6.47. The van der Waals surface area contributed by atoms with Crippen molar-refractivity contribution in [3.63, 3.8) is 0 Å². The highest BCUT2D eigenvalue weighted by molar-refractivity contribution is 6.36. The summed E-state index contributed by atoms with van der Waals surface area (Å²) in [6, 6.07) is 20.1. The number of benzene rings is 3. The van der Waals surface area contributed by atoms with Gasteiger partial charge >= 0.3 is 0 Å². The molecule has 0 bridgehead atoms. The highest BCUT2D eigenvalue weighted by atomic mass is 35.5. The molecule has 1 heterocycles. The fourth-order valence-electron chi connectivity index (χ4n) is 4.95. The average molecular weight is 432 g/mol. The minimum absolute atomic E-state index is 0.0354. The van der Waals surface area contributed by atoms with Crippen molar-refractivity contribution in [2.75, 3.05) is 11.9 Å². The van der Waals surface area contributed by atoms with E-state index in [2.05, 4.69) is 0 Å². The van der Waals surface area contributed by atoms with E-state index in [-0.39, 0.29) is 17.5 Å². The van der Waals surface area contributed by atoms with Gasteiger partial charge in [0, 0.05) is 28.9 Å². The summed E-state index contributed by atoms with van der Waals surface area (Å²) >= 11 is 6.02. The third-order valence-corrected chi connectivity index (χ3v) is 6.72. The van der Waals surface area contributed by atoms with Crippen LogP contribution in [0.25, 0.3) is 0 Å². The molecule has 1 N–H and O–H groups in total. The number of ketones is 2. The molecule has 154 valence electrons. The van der Waals surface area contributed by atoms with E-state index >= 15 is 0 Å². The van der Waals surface area contributed by atoms with E-state index in [1.807, 2.05) is 0 Å². The Labute approximate surface area is 183 Å². The number of anilines is 1. The monoisotopic (exact) mass is 431 g/mol. The molecule has 1 aliphatic heterocycles. The number of rotatable bonds is 3. The molecule has 5 nitrogen and oxygen atoms in total. The lowest BCUT2D eigenvalue weighted by molar-refractivity contribution is -0.128. The third kappa shape index (κ3) is 2.39. The molecular weight excluding hydrogens is 414 g/mol. The van der Waals surface area contributed by atoms with Gasteiger partial charge in [0.1, 0.15) is 5.41 Å². The number of carbonyl (C=O) groups excluding carboxylic acids is 3. The van der Waals surface area contributed by atoms with Crippen molar-refractivity contribution in [1.29, 1.82) is 0 Å². The lowest BCUT2D eigenvalue weighted by atomic mass is 9.62. The predicted octanol–water partition coefficient (Wildman–Crippen LogP) is 3.61. The highest BCUT2D eigenvalue weighted by Gasteiger charge is 2.71. The fraction of sp³-hybridized carbons (Fsp3) is 0.160. The Hall–Kier alpha value is -3.28. The minimum Gasteiger partial charge on any atom is -0.373 e. The number of hydrogen-bond acceptors (Lipinski definition) is 4. The molecule has 0 aromatic heterocycles. The van der Waals surface area contributed by atoms with Crippen molar-refractivity contribution in [1.82, 2.24) is 0 Å². The molecule has 0 saturated heterocycles. The van der Waals surface area contributed by atoms with Gasteiger partial charge in [0.25, 0.3) is 0 Å². The maximum absolute atomic E-state index is 13.8. The Morgan fingerprint density at radius 2 is 1.39 bits per heavy atom. The zero-order chi connectivity index (χ0) is 22.0. The van der Waals surface area contributed by atoms with Gasteiger partial charge < -0.3 is 10.0 Å². The first-order valence-electron chi connectivity index (χ1n) is 9.85. The number of likely N-dealkylation sites (N-methyl/N-ethyl adjacent to an activating group) is 1. The van der Waals surface area contributed by atoms with E-state index in [0.717, 1.165) is 0 Å². The normalized spacial score (nSPS) is 21.4. The Morgan fingerprint density at radius 3 is 2.00 bits per heavy atom. The molecule has 0 radical (unpaired) electrons. The number of carbonyl (C=O) groups is 3. The number of Topliss-reactive ketones (excluding diaryl/α,β-unsaturated/α-hetero) is 2. The van der Waals surface area contributed by atoms with E-state index in [1.165, 1.54) is 17.0 Å². The second-order valence-corrected chi connectivity index (χ2v) is 8.44. The van der Waals surface area contributed by atoms with E-state index in [4.69, 9.17) is 11.6 Å². The maximum Gasteiger partial charge on any atom is 0.241 e. The number of fused-ring (bicyclic) bond motifs is 2. The van der Waals surface area contributed by atoms with Crippen LogP contribution in [0.5, 0.6) is 0 Å². The number of hydrogen-bond donors (Lipinski definition) is 1. The summed E-state index contributed by atoms with van der Waals surface area (Å²) in [6.45, 7) is 0. The number of para-hydroxylation sites is 1. The Balaban J connectivity index is 1.81. The summed E-state index contributed by atoms with van der Waals surface area (Å²) in [4.78, 5) is 42.4. The molecule has 3 aromatic rings. The molecule has 5 rings (SSSR count). The van der Waals surface area contributed by atoms with Gasteiger partial charge in [-0.2, -0.15) is 0 Å². The van der Waals surface area contributed by atoms with Crippen molar-refractivity contribution in [2.24, 2.45) is 0 Å². The quantitative estimate of drug-likeness (QED) is 0.643. The van der Waals surface area contributed by atoms with E-state index in [9.17, 15) is 19.5 Å². The predicted molar refractivity (Wildman–Crippen MR) is 117 cm³/mol. The molecule has 1 aliphatic carbocycles. The van der Waals surface area contributed by atoms with Crippen LogP contribution in [0, 0.1) is 0 Å². The standard InChI is InChI=1S/C25H18ClNO4/c1-27-20-9-5-4-8-19(20)24(23(27)30,14-15-10-12-16(26)13-11-15)25(31)21(28)17-6-2-3-7-18(17)22(25)29/h2-13,31H,14H2,1H3. The summed E-state index contributed by atoms with van der Waals surface area (Å²) in [5.74, 6) is -2.00. The first-order valence-corrected chi connectivity index (χ1v) is 10.2. The van der Waals surface area contributed by atoms with Gasteiger partial charge in [0.2, 0.25) is 23.1 Å². The smallest absolute Gasteiger partial charge is 0.241 e. The zero-order valence-corrected chi connectivity index (χ0v) is 17.4. The number of amides is 1. The molecule has 3 aromatic carbocycles. The number of aliphatic hydroxyl groups is 1. The SMILES string of the molecule is CN1C(=O)C(Cc2ccc(Cl)cc2)(C2(O)C(=O)c3ccccc3C2=O)c2ccccc21. The summed E-state index contributed by atoms with van der Waals surface area (Å²) < 4.78 is 0. The molecule has 2 aliphatic rings. The zero-order valence-electron chi connectivity index (χ0n) is 16.6. The molecule has 1 unspecified atom stereocenters. The van der Waals surface area contributed by atoms with Gasteiger partial charge in [0.05, 0.1) is 0 Å². The molecule has 0 fully saturated rings. The van der Waals surface area contributed by atoms with Gasteiger partial charge in [0.15, 0.2) is 0 Å². The minimum atomic E-state index is -2.56. The average Bonchev–Trinajstić information content (AvgIpc) is 3.13. The van der Waals surface area contributed by atoms with E-state index < -0.39 is 28.5 Å². The Bertz CT molecular complexity index is 1230. The van der Waals surface area contributed by atoms with Gasteiger partial charge in [-0.05, 0) is 35.7 Å². The fourth-order valence-corrected chi connectivity index (χ4v) is 5.08. The van der Waals surface area contributed by atoms with Gasteiger partial charge in [-0.25, -0.2) is 0 Å². The largest absolute Gasteiger partial charge is 0.373 e. The molecule has 31 heavy (non-hydrogen) atoms. The van der Waals surface area contributed by atoms with Gasteiger partial charge in [-0.3, -0.25) is 14.4 Å². The Morgan fingerprint density at radius 1 is 0.839 bits per heavy atom. The summed E-state index contributed by atoms with van der Waals surface area (Å²) in [5.41, 5.74) is -2.42. The second-order valence-electron chi connectivity index (χ2n) is 8.00. The van der Waals surface area contributed by atoms with Gasteiger partial charge in [-0.1, -0.05) is 66.2 Å². The van der Waals surface area contributed by atoms with E-state index in [0.29, 0.717) is 21.8 Å². The lowest BCUT2D eigenvalue weighted by Crippen LogP contribution is -2.64. The van der Waals surface area contributed by atoms with Crippen molar-refractivity contribution in [3.05, 3.63) is 100 Å². The molecular formula is C25H18ClNO4. The molecule has 0 saturated carbocycles. The van der Waals surface area contributed by atoms with Crippen LogP contribution in [0.3, 0.4) is 0 Å². The van der Waals surface area contributed by atoms with Crippen LogP contribution in [-0.4, -0.2) is 35.2 Å². The molecule has 0 spiro atoms. The summed E-state index contributed by atoms with van der Waals surface area (Å²) in [6.07, 6.45) is -0.0354. The van der Waals surface area contributed by atoms with Crippen LogP contribution in [0.1, 0.15) is 31.8 Å². The first-order chi connectivity index (χ1) is 14.8. The van der Waals surface area contributed by atoms with Crippen LogP contribution in [0.2, 0.25) is 5.02 Å². The highest BCUT2D eigenvalue weighted by Crippen LogP contribution is 2.53. The molecule has 6 heteroatoms. The summed E-state index contributed by atoms with van der Waals surface area (Å²) in [7, 11) is 1.59. The van der Waals surface area contributed by atoms with Crippen molar-refractivity contribution in [2.45, 2.75) is 17.4 Å². The maximum atomic E-state index is 13.8. The second kappa shape index (κ2) is 6.61. The van der Waals surface area contributed by atoms with Crippen LogP contribution in [0.4, 0.5) is 5.69 Å².